The highest BCUT2D eigenvalue weighted by molar-refractivity contribution is 7.82. The van der Waals surface area contributed by atoms with Crippen LogP contribution in [-0.2, 0) is 4.79 Å². The molecule has 0 radical (unpaired) electrons. The molecule has 14 heavy (non-hydrogen) atoms. The SMILES string of the molecule is CCCC(C)NC(=O)C(=S)NC1CC1. The molecule has 1 atom stereocenters. The zero-order chi connectivity index (χ0) is 10.6. The third-order valence-electron chi connectivity index (χ3n) is 2.22. The zero-order valence-corrected chi connectivity index (χ0v) is 9.62. The number of carbonyl (C=O) groups is 1. The van der Waals surface area contributed by atoms with Crippen LogP contribution < -0.4 is 10.6 Å². The summed E-state index contributed by atoms with van der Waals surface area (Å²) in [6.45, 7) is 4.10. The maximum atomic E-state index is 11.5. The zero-order valence-electron chi connectivity index (χ0n) is 8.80. The first-order chi connectivity index (χ1) is 6.63. The van der Waals surface area contributed by atoms with Crippen molar-refractivity contribution in [1.29, 1.82) is 0 Å². The number of thiocarbonyl (C=S) groups is 1. The van der Waals surface area contributed by atoms with E-state index in [1.54, 1.807) is 0 Å². The monoisotopic (exact) mass is 214 g/mol. The Balaban J connectivity index is 2.21. The highest BCUT2D eigenvalue weighted by Gasteiger charge is 2.24. The molecule has 0 aliphatic heterocycles. The smallest absolute Gasteiger partial charge is 0.278 e. The number of carbonyl (C=O) groups excluding carboxylic acids is 1. The van der Waals surface area contributed by atoms with Crippen LogP contribution >= 0.6 is 12.2 Å². The van der Waals surface area contributed by atoms with E-state index in [4.69, 9.17) is 12.2 Å². The molecule has 2 N–H and O–H groups in total. The van der Waals surface area contributed by atoms with Crippen LogP contribution in [0.4, 0.5) is 0 Å². The van der Waals surface area contributed by atoms with Crippen molar-refractivity contribution >= 4 is 23.1 Å². The van der Waals surface area contributed by atoms with Crippen molar-refractivity contribution in [2.45, 2.75) is 51.6 Å². The molecule has 0 bridgehead atoms. The van der Waals surface area contributed by atoms with Crippen LogP contribution in [0.2, 0.25) is 0 Å². The van der Waals surface area contributed by atoms with Crippen molar-refractivity contribution in [1.82, 2.24) is 10.6 Å². The molecule has 0 spiro atoms. The van der Waals surface area contributed by atoms with Gasteiger partial charge in [-0.3, -0.25) is 4.79 Å². The predicted octanol–water partition coefficient (Wildman–Crippen LogP) is 1.37. The Morgan fingerprint density at radius 1 is 1.57 bits per heavy atom. The first-order valence-corrected chi connectivity index (χ1v) is 5.65. The van der Waals surface area contributed by atoms with Gasteiger partial charge in [-0.2, -0.15) is 0 Å². The fourth-order valence-corrected chi connectivity index (χ4v) is 1.50. The summed E-state index contributed by atoms with van der Waals surface area (Å²) in [7, 11) is 0. The predicted molar refractivity (Wildman–Crippen MR) is 61.3 cm³/mol. The van der Waals surface area contributed by atoms with Crippen LogP contribution in [0.15, 0.2) is 0 Å². The lowest BCUT2D eigenvalue weighted by Crippen LogP contribution is -2.43. The summed E-state index contributed by atoms with van der Waals surface area (Å²) in [5.41, 5.74) is 0. The molecule has 0 aromatic heterocycles. The Kier molecular flexibility index (Phi) is 4.32. The molecule has 1 rings (SSSR count). The van der Waals surface area contributed by atoms with Crippen molar-refractivity contribution < 1.29 is 4.79 Å². The lowest BCUT2D eigenvalue weighted by Gasteiger charge is -2.13. The Hall–Kier alpha value is -0.640. The summed E-state index contributed by atoms with van der Waals surface area (Å²) in [6, 6.07) is 0.668. The second-order valence-electron chi connectivity index (χ2n) is 3.91. The van der Waals surface area contributed by atoms with Gasteiger partial charge in [0.05, 0.1) is 0 Å². The molecular formula is C10H18N2OS. The number of hydrogen-bond acceptors (Lipinski definition) is 2. The van der Waals surface area contributed by atoms with Crippen LogP contribution in [0.5, 0.6) is 0 Å². The quantitative estimate of drug-likeness (QED) is 0.695. The minimum atomic E-state index is -0.132. The average Bonchev–Trinajstić information content (AvgIpc) is 2.88. The molecule has 80 valence electrons. The van der Waals surface area contributed by atoms with Gasteiger partial charge in [0.25, 0.3) is 5.91 Å². The minimum Gasteiger partial charge on any atom is -0.369 e. The van der Waals surface area contributed by atoms with Gasteiger partial charge in [0.1, 0.15) is 0 Å². The first kappa shape index (κ1) is 11.4. The highest BCUT2D eigenvalue weighted by atomic mass is 32.1. The van der Waals surface area contributed by atoms with E-state index in [9.17, 15) is 4.79 Å². The van der Waals surface area contributed by atoms with Gasteiger partial charge in [-0.25, -0.2) is 0 Å². The molecule has 1 fully saturated rings. The van der Waals surface area contributed by atoms with Gasteiger partial charge in [0.15, 0.2) is 4.99 Å². The molecule has 1 saturated carbocycles. The van der Waals surface area contributed by atoms with E-state index < -0.39 is 0 Å². The highest BCUT2D eigenvalue weighted by Crippen LogP contribution is 2.18. The van der Waals surface area contributed by atoms with E-state index in [2.05, 4.69) is 17.6 Å². The Bertz CT molecular complexity index is 226. The van der Waals surface area contributed by atoms with E-state index in [0.29, 0.717) is 11.0 Å². The minimum absolute atomic E-state index is 0.132. The third kappa shape index (κ3) is 4.05. The van der Waals surface area contributed by atoms with Crippen LogP contribution in [0, 0.1) is 0 Å². The molecular weight excluding hydrogens is 196 g/mol. The first-order valence-electron chi connectivity index (χ1n) is 5.24. The van der Waals surface area contributed by atoms with Crippen molar-refractivity contribution in [2.24, 2.45) is 0 Å². The molecule has 1 aliphatic rings. The third-order valence-corrected chi connectivity index (χ3v) is 2.52. The Labute approximate surface area is 90.6 Å². The molecule has 0 aromatic rings. The molecule has 1 amide bonds. The van der Waals surface area contributed by atoms with E-state index in [1.807, 2.05) is 6.92 Å². The molecule has 4 heteroatoms. The van der Waals surface area contributed by atoms with Gasteiger partial charge in [-0.15, -0.1) is 0 Å². The lowest BCUT2D eigenvalue weighted by atomic mass is 10.2. The van der Waals surface area contributed by atoms with Gasteiger partial charge < -0.3 is 10.6 Å². The molecule has 3 nitrogen and oxygen atoms in total. The van der Waals surface area contributed by atoms with E-state index in [1.165, 1.54) is 0 Å². The van der Waals surface area contributed by atoms with Crippen LogP contribution in [0.1, 0.15) is 39.5 Å². The fourth-order valence-electron chi connectivity index (χ4n) is 1.27. The summed E-state index contributed by atoms with van der Waals surface area (Å²) in [4.78, 5) is 11.8. The van der Waals surface area contributed by atoms with Crippen LogP contribution in [0.25, 0.3) is 0 Å². The summed E-state index contributed by atoms with van der Waals surface area (Å²) >= 11 is 4.97. The topological polar surface area (TPSA) is 41.1 Å². The summed E-state index contributed by atoms with van der Waals surface area (Å²) in [5, 5.41) is 5.89. The second kappa shape index (κ2) is 5.29. The Morgan fingerprint density at radius 3 is 2.71 bits per heavy atom. The number of amides is 1. The molecule has 0 saturated heterocycles. The summed E-state index contributed by atoms with van der Waals surface area (Å²) in [5.74, 6) is -0.132. The summed E-state index contributed by atoms with van der Waals surface area (Å²) in [6.07, 6.45) is 4.35. The van der Waals surface area contributed by atoms with Gasteiger partial charge >= 0.3 is 0 Å². The molecule has 0 heterocycles. The molecule has 1 aliphatic carbocycles. The van der Waals surface area contributed by atoms with Crippen molar-refractivity contribution in [3.63, 3.8) is 0 Å². The van der Waals surface area contributed by atoms with Gasteiger partial charge in [0, 0.05) is 12.1 Å². The van der Waals surface area contributed by atoms with Gasteiger partial charge in [-0.05, 0) is 26.2 Å². The standard InChI is InChI=1S/C10H18N2OS/c1-3-4-7(2)11-9(13)10(14)12-8-5-6-8/h7-8H,3-6H2,1-2H3,(H,11,13)(H,12,14). The molecule has 1 unspecified atom stereocenters. The number of rotatable bonds is 4. The fraction of sp³-hybridized carbons (Fsp3) is 0.800. The normalized spacial score (nSPS) is 17.3. The average molecular weight is 214 g/mol. The lowest BCUT2D eigenvalue weighted by molar-refractivity contribution is -0.115. The second-order valence-corrected chi connectivity index (χ2v) is 4.32. The van der Waals surface area contributed by atoms with Gasteiger partial charge in [0.2, 0.25) is 0 Å². The molecule has 0 aromatic carbocycles. The van der Waals surface area contributed by atoms with Crippen LogP contribution in [0.3, 0.4) is 0 Å². The Morgan fingerprint density at radius 2 is 2.21 bits per heavy atom. The van der Waals surface area contributed by atoms with Gasteiger partial charge in [-0.1, -0.05) is 25.6 Å². The van der Waals surface area contributed by atoms with Crippen LogP contribution in [-0.4, -0.2) is 23.0 Å². The number of nitrogens with one attached hydrogen (secondary N) is 2. The van der Waals surface area contributed by atoms with Crippen molar-refractivity contribution in [3.05, 3.63) is 0 Å². The summed E-state index contributed by atoms with van der Waals surface area (Å²) < 4.78 is 0. The maximum absolute atomic E-state index is 11.5. The van der Waals surface area contributed by atoms with Crippen molar-refractivity contribution in [2.75, 3.05) is 0 Å². The van der Waals surface area contributed by atoms with Crippen molar-refractivity contribution in [3.8, 4) is 0 Å². The number of hydrogen-bond donors (Lipinski definition) is 2. The van der Waals surface area contributed by atoms with E-state index >= 15 is 0 Å². The maximum Gasteiger partial charge on any atom is 0.278 e. The van der Waals surface area contributed by atoms with E-state index in [-0.39, 0.29) is 11.9 Å². The van der Waals surface area contributed by atoms with E-state index in [0.717, 1.165) is 25.7 Å². The largest absolute Gasteiger partial charge is 0.369 e.